The molecule has 1 aliphatic rings. The minimum atomic E-state index is -0.250. The topological polar surface area (TPSA) is 49.3 Å². The number of hydrogen-bond donors (Lipinski definition) is 2. The van der Waals surface area contributed by atoms with Gasteiger partial charge in [0.1, 0.15) is 0 Å². The number of hydrogen-bond acceptors (Lipinski definition) is 2. The Morgan fingerprint density at radius 2 is 2.17 bits per heavy atom. The predicted octanol–water partition coefficient (Wildman–Crippen LogP) is 1.26. The molecule has 0 aromatic carbocycles. The monoisotopic (exact) mass is 171 g/mol. The Balaban J connectivity index is 0.000000354. The molecule has 3 heteroatoms. The van der Waals surface area contributed by atoms with E-state index < -0.39 is 0 Å². The molecule has 0 radical (unpaired) electrons. The Labute approximate surface area is 73.5 Å². The number of nitrogens with one attached hydrogen (secondary N) is 1. The van der Waals surface area contributed by atoms with Crippen LogP contribution in [-0.4, -0.2) is 23.7 Å². The average molecular weight is 171 g/mol. The molecule has 1 aliphatic heterocycles. The maximum atomic E-state index is 8.36. The third-order valence-electron chi connectivity index (χ3n) is 1.95. The molecule has 0 aromatic rings. The molecule has 1 rings (SSSR count). The molecule has 70 valence electrons. The zero-order chi connectivity index (χ0) is 9.61. The minimum Gasteiger partial charge on any atom is -0.483 e. The van der Waals surface area contributed by atoms with Crippen LogP contribution >= 0.6 is 0 Å². The first-order valence-corrected chi connectivity index (χ1v) is 4.01. The first-order valence-electron chi connectivity index (χ1n) is 4.01. The van der Waals surface area contributed by atoms with E-state index in [0.29, 0.717) is 11.5 Å². The summed E-state index contributed by atoms with van der Waals surface area (Å²) in [5, 5.41) is 10.3. The molecule has 0 aliphatic carbocycles. The van der Waals surface area contributed by atoms with Crippen LogP contribution in [0.4, 0.5) is 0 Å². The van der Waals surface area contributed by atoms with Crippen molar-refractivity contribution in [3.8, 4) is 0 Å². The highest BCUT2D eigenvalue weighted by molar-refractivity contribution is 5.32. The molecule has 12 heavy (non-hydrogen) atoms. The van der Waals surface area contributed by atoms with Crippen molar-refractivity contribution in [2.45, 2.75) is 25.8 Å². The van der Waals surface area contributed by atoms with E-state index in [2.05, 4.69) is 25.7 Å². The van der Waals surface area contributed by atoms with Crippen LogP contribution in [-0.2, 0) is 4.79 Å². The van der Waals surface area contributed by atoms with Crippen LogP contribution in [0.5, 0.6) is 0 Å². The van der Waals surface area contributed by atoms with Crippen molar-refractivity contribution in [1.29, 1.82) is 0 Å². The molecule has 0 bridgehead atoms. The lowest BCUT2D eigenvalue weighted by Crippen LogP contribution is -2.31. The predicted molar refractivity (Wildman–Crippen MR) is 49.1 cm³/mol. The van der Waals surface area contributed by atoms with Gasteiger partial charge >= 0.3 is 0 Å². The van der Waals surface area contributed by atoms with Crippen molar-refractivity contribution in [3.63, 3.8) is 0 Å². The van der Waals surface area contributed by atoms with Crippen LogP contribution in [0.1, 0.15) is 20.3 Å². The fourth-order valence-electron chi connectivity index (χ4n) is 1.37. The minimum absolute atomic E-state index is 0.250. The van der Waals surface area contributed by atoms with Gasteiger partial charge in [-0.05, 0) is 26.2 Å². The van der Waals surface area contributed by atoms with Crippen molar-refractivity contribution in [2.24, 2.45) is 5.92 Å². The lowest BCUT2D eigenvalue weighted by atomic mass is 9.97. The van der Waals surface area contributed by atoms with Crippen LogP contribution < -0.4 is 5.32 Å². The van der Waals surface area contributed by atoms with Gasteiger partial charge in [-0.2, -0.15) is 0 Å². The zero-order valence-electron chi connectivity index (χ0n) is 7.71. The molecule has 1 unspecified atom stereocenters. The van der Waals surface area contributed by atoms with E-state index in [4.69, 9.17) is 9.90 Å². The summed E-state index contributed by atoms with van der Waals surface area (Å²) >= 11 is 0. The Morgan fingerprint density at radius 1 is 1.67 bits per heavy atom. The molecule has 0 amide bonds. The van der Waals surface area contributed by atoms with E-state index in [1.165, 1.54) is 6.42 Å². The van der Waals surface area contributed by atoms with Crippen molar-refractivity contribution < 1.29 is 9.90 Å². The van der Waals surface area contributed by atoms with Crippen molar-refractivity contribution >= 4 is 6.47 Å². The zero-order valence-corrected chi connectivity index (χ0v) is 7.71. The summed E-state index contributed by atoms with van der Waals surface area (Å²) in [5.41, 5.74) is 0.346. The molecule has 1 heterocycles. The Hall–Kier alpha value is -0.830. The average Bonchev–Trinajstić information content (AvgIpc) is 2.32. The van der Waals surface area contributed by atoms with Gasteiger partial charge in [-0.1, -0.05) is 6.08 Å². The van der Waals surface area contributed by atoms with Crippen LogP contribution in [0, 0.1) is 5.92 Å². The second-order valence-corrected chi connectivity index (χ2v) is 3.57. The largest absolute Gasteiger partial charge is 0.483 e. The summed E-state index contributed by atoms with van der Waals surface area (Å²) in [7, 11) is 0. The summed E-state index contributed by atoms with van der Waals surface area (Å²) in [6, 6.07) is 0. The fourth-order valence-corrected chi connectivity index (χ4v) is 1.37. The molecule has 0 saturated carbocycles. The lowest BCUT2D eigenvalue weighted by Gasteiger charge is -2.16. The van der Waals surface area contributed by atoms with Gasteiger partial charge in [-0.15, -0.1) is 6.58 Å². The molecule has 2 N–H and O–H groups in total. The van der Waals surface area contributed by atoms with Crippen LogP contribution in [0.25, 0.3) is 0 Å². The maximum Gasteiger partial charge on any atom is 0.290 e. The summed E-state index contributed by atoms with van der Waals surface area (Å²) in [6.45, 7) is 9.09. The van der Waals surface area contributed by atoms with E-state index in [9.17, 15) is 0 Å². The van der Waals surface area contributed by atoms with Gasteiger partial charge in [0.15, 0.2) is 0 Å². The molecular formula is C9H17NO2. The second kappa shape index (κ2) is 4.93. The molecule has 1 saturated heterocycles. The van der Waals surface area contributed by atoms with Gasteiger partial charge < -0.3 is 10.4 Å². The summed E-state index contributed by atoms with van der Waals surface area (Å²) in [5.74, 6) is 0.694. The van der Waals surface area contributed by atoms with Gasteiger partial charge in [0.05, 0.1) is 0 Å². The summed E-state index contributed by atoms with van der Waals surface area (Å²) in [4.78, 5) is 8.36. The fraction of sp³-hybridized carbons (Fsp3) is 0.667. The third kappa shape index (κ3) is 4.13. The highest BCUT2D eigenvalue weighted by atomic mass is 16.3. The molecule has 1 atom stereocenters. The Morgan fingerprint density at radius 3 is 2.33 bits per heavy atom. The van der Waals surface area contributed by atoms with Crippen molar-refractivity contribution in [2.75, 3.05) is 6.54 Å². The summed E-state index contributed by atoms with van der Waals surface area (Å²) < 4.78 is 0. The van der Waals surface area contributed by atoms with Gasteiger partial charge in [0, 0.05) is 12.1 Å². The van der Waals surface area contributed by atoms with Crippen LogP contribution in [0.3, 0.4) is 0 Å². The first kappa shape index (κ1) is 11.2. The van der Waals surface area contributed by atoms with Crippen LogP contribution in [0.15, 0.2) is 12.7 Å². The highest BCUT2D eigenvalue weighted by Crippen LogP contribution is 2.23. The normalized spacial score (nSPS) is 25.3. The molecular weight excluding hydrogens is 154 g/mol. The van der Waals surface area contributed by atoms with Gasteiger partial charge in [-0.25, -0.2) is 0 Å². The van der Waals surface area contributed by atoms with Gasteiger partial charge in [-0.3, -0.25) is 4.79 Å². The maximum absolute atomic E-state index is 8.36. The van der Waals surface area contributed by atoms with E-state index in [0.717, 1.165) is 6.54 Å². The van der Waals surface area contributed by atoms with Crippen molar-refractivity contribution in [3.05, 3.63) is 12.7 Å². The van der Waals surface area contributed by atoms with Gasteiger partial charge in [0.25, 0.3) is 6.47 Å². The third-order valence-corrected chi connectivity index (χ3v) is 1.95. The molecule has 3 nitrogen and oxygen atoms in total. The lowest BCUT2D eigenvalue weighted by molar-refractivity contribution is -0.122. The van der Waals surface area contributed by atoms with E-state index in [1.807, 2.05) is 6.08 Å². The van der Waals surface area contributed by atoms with E-state index in [-0.39, 0.29) is 6.47 Å². The highest BCUT2D eigenvalue weighted by Gasteiger charge is 2.27. The Bertz CT molecular complexity index is 155. The SMILES string of the molecule is C=CC1CNC(C)(C)C1.O=CO. The van der Waals surface area contributed by atoms with E-state index >= 15 is 0 Å². The Kier molecular flexibility index (Phi) is 4.59. The molecule has 1 fully saturated rings. The number of carbonyl (C=O) groups is 1. The summed E-state index contributed by atoms with van der Waals surface area (Å²) in [6.07, 6.45) is 3.28. The number of carboxylic acid groups (broad SMARTS) is 1. The number of rotatable bonds is 1. The van der Waals surface area contributed by atoms with E-state index in [1.54, 1.807) is 0 Å². The first-order chi connectivity index (χ1) is 5.55. The van der Waals surface area contributed by atoms with Crippen molar-refractivity contribution in [1.82, 2.24) is 5.32 Å². The molecule has 0 spiro atoms. The second-order valence-electron chi connectivity index (χ2n) is 3.57. The molecule has 0 aromatic heterocycles. The standard InChI is InChI=1S/C8H15N.CH2O2/c1-4-7-5-8(2,3)9-6-7;2-1-3/h4,7,9H,1,5-6H2,2-3H3;1H,(H,2,3). The smallest absolute Gasteiger partial charge is 0.290 e. The quantitative estimate of drug-likeness (QED) is 0.461. The van der Waals surface area contributed by atoms with Gasteiger partial charge in [0.2, 0.25) is 0 Å². The van der Waals surface area contributed by atoms with Crippen LogP contribution in [0.2, 0.25) is 0 Å².